The molecule has 0 radical (unpaired) electrons. The summed E-state index contributed by atoms with van der Waals surface area (Å²) in [7, 11) is 3.06. The van der Waals surface area contributed by atoms with Gasteiger partial charge in [0.15, 0.2) is 5.69 Å². The van der Waals surface area contributed by atoms with E-state index in [1.54, 1.807) is 14.0 Å². The molecular weight excluding hydrogens is 280 g/mol. The predicted molar refractivity (Wildman–Crippen MR) is 71.8 cm³/mol. The first-order valence-electron chi connectivity index (χ1n) is 6.42. The van der Waals surface area contributed by atoms with Crippen LogP contribution in [0.5, 0.6) is 0 Å². The molecule has 1 rings (SSSR count). The van der Waals surface area contributed by atoms with E-state index >= 15 is 0 Å². The van der Waals surface area contributed by atoms with Gasteiger partial charge in [-0.05, 0) is 6.92 Å². The standard InChI is InChI=1S/C12H20N4O5/c1-9-11(12(18)21-7-6-20-3)14-15-16(9)8-10(17)13-4-5-19-2/h4-8H2,1-3H3,(H,13,17). The largest absolute Gasteiger partial charge is 0.458 e. The van der Waals surface area contributed by atoms with Gasteiger partial charge in [0.25, 0.3) is 0 Å². The smallest absolute Gasteiger partial charge is 0.360 e. The number of nitrogens with one attached hydrogen (secondary N) is 1. The molecule has 0 saturated heterocycles. The average molecular weight is 300 g/mol. The molecule has 118 valence electrons. The van der Waals surface area contributed by atoms with Crippen molar-refractivity contribution in [3.05, 3.63) is 11.4 Å². The Labute approximate surface area is 122 Å². The zero-order valence-corrected chi connectivity index (χ0v) is 12.4. The average Bonchev–Trinajstić information content (AvgIpc) is 2.81. The molecular formula is C12H20N4O5. The van der Waals surface area contributed by atoms with Crippen LogP contribution in [-0.4, -0.2) is 67.5 Å². The van der Waals surface area contributed by atoms with E-state index in [0.29, 0.717) is 25.5 Å². The maximum atomic E-state index is 11.7. The second-order valence-electron chi connectivity index (χ2n) is 4.15. The minimum Gasteiger partial charge on any atom is -0.458 e. The normalized spacial score (nSPS) is 10.4. The summed E-state index contributed by atoms with van der Waals surface area (Å²) in [6.07, 6.45) is 0. The molecule has 0 saturated carbocycles. The number of rotatable bonds is 9. The second-order valence-corrected chi connectivity index (χ2v) is 4.15. The number of ether oxygens (including phenoxy) is 3. The van der Waals surface area contributed by atoms with Crippen molar-refractivity contribution in [1.82, 2.24) is 20.3 Å². The maximum Gasteiger partial charge on any atom is 0.360 e. The molecule has 0 aliphatic carbocycles. The fraction of sp³-hybridized carbons (Fsp3) is 0.667. The minimum atomic E-state index is -0.587. The van der Waals surface area contributed by atoms with Crippen molar-refractivity contribution in [2.24, 2.45) is 0 Å². The predicted octanol–water partition coefficient (Wildman–Crippen LogP) is -0.848. The first-order chi connectivity index (χ1) is 10.1. The first kappa shape index (κ1) is 17.1. The highest BCUT2D eigenvalue weighted by Gasteiger charge is 2.18. The Bertz CT molecular complexity index is 474. The summed E-state index contributed by atoms with van der Waals surface area (Å²) in [5, 5.41) is 10.2. The number of amides is 1. The van der Waals surface area contributed by atoms with Gasteiger partial charge in [0.1, 0.15) is 13.2 Å². The second kappa shape index (κ2) is 9.03. The number of nitrogens with zero attached hydrogens (tertiary/aromatic N) is 3. The molecule has 0 aliphatic rings. The summed E-state index contributed by atoms with van der Waals surface area (Å²) in [6, 6.07) is 0. The summed E-state index contributed by atoms with van der Waals surface area (Å²) in [5.74, 6) is -0.824. The van der Waals surface area contributed by atoms with Gasteiger partial charge in [-0.15, -0.1) is 5.10 Å². The lowest BCUT2D eigenvalue weighted by Gasteiger charge is -2.06. The fourth-order valence-corrected chi connectivity index (χ4v) is 1.47. The Morgan fingerprint density at radius 2 is 1.90 bits per heavy atom. The number of methoxy groups -OCH3 is 2. The van der Waals surface area contributed by atoms with Crippen molar-refractivity contribution in [1.29, 1.82) is 0 Å². The van der Waals surface area contributed by atoms with Gasteiger partial charge in [-0.1, -0.05) is 5.21 Å². The molecule has 1 N–H and O–H groups in total. The van der Waals surface area contributed by atoms with Crippen LogP contribution < -0.4 is 5.32 Å². The molecule has 1 amide bonds. The molecule has 9 heteroatoms. The SMILES string of the molecule is COCCNC(=O)Cn1nnc(C(=O)OCCOC)c1C. The molecule has 0 unspecified atom stereocenters. The Morgan fingerprint density at radius 3 is 2.57 bits per heavy atom. The number of carbonyl (C=O) groups is 2. The first-order valence-corrected chi connectivity index (χ1v) is 6.42. The van der Waals surface area contributed by atoms with Crippen LogP contribution in [0.15, 0.2) is 0 Å². The topological polar surface area (TPSA) is 105 Å². The van der Waals surface area contributed by atoms with Crippen molar-refractivity contribution in [3.63, 3.8) is 0 Å². The van der Waals surface area contributed by atoms with E-state index in [2.05, 4.69) is 15.6 Å². The number of carbonyl (C=O) groups excluding carboxylic acids is 2. The van der Waals surface area contributed by atoms with E-state index in [1.807, 2.05) is 0 Å². The number of aromatic nitrogens is 3. The molecule has 0 bridgehead atoms. The molecule has 0 aromatic carbocycles. The summed E-state index contributed by atoms with van der Waals surface area (Å²) < 4.78 is 15.9. The van der Waals surface area contributed by atoms with Gasteiger partial charge < -0.3 is 19.5 Å². The highest BCUT2D eigenvalue weighted by molar-refractivity contribution is 5.88. The molecule has 1 aromatic heterocycles. The van der Waals surface area contributed by atoms with Gasteiger partial charge >= 0.3 is 5.97 Å². The highest BCUT2D eigenvalue weighted by atomic mass is 16.6. The van der Waals surface area contributed by atoms with Gasteiger partial charge in [0.05, 0.1) is 18.9 Å². The lowest BCUT2D eigenvalue weighted by atomic mass is 10.3. The van der Waals surface area contributed by atoms with Gasteiger partial charge in [-0.2, -0.15) is 0 Å². The summed E-state index contributed by atoms with van der Waals surface area (Å²) >= 11 is 0. The molecule has 0 aliphatic heterocycles. The van der Waals surface area contributed by atoms with Crippen molar-refractivity contribution >= 4 is 11.9 Å². The number of hydrogen-bond donors (Lipinski definition) is 1. The van der Waals surface area contributed by atoms with E-state index in [1.165, 1.54) is 11.8 Å². The monoisotopic (exact) mass is 300 g/mol. The van der Waals surface area contributed by atoms with E-state index in [4.69, 9.17) is 14.2 Å². The van der Waals surface area contributed by atoms with Crippen LogP contribution in [0.2, 0.25) is 0 Å². The Balaban J connectivity index is 2.54. The number of hydrogen-bond acceptors (Lipinski definition) is 7. The highest BCUT2D eigenvalue weighted by Crippen LogP contribution is 2.05. The summed E-state index contributed by atoms with van der Waals surface area (Å²) in [4.78, 5) is 23.4. The Morgan fingerprint density at radius 1 is 1.19 bits per heavy atom. The van der Waals surface area contributed by atoms with E-state index in [0.717, 1.165) is 0 Å². The Hall–Kier alpha value is -2.00. The third-order valence-corrected chi connectivity index (χ3v) is 2.62. The molecule has 1 aromatic rings. The van der Waals surface area contributed by atoms with Crippen LogP contribution in [0.1, 0.15) is 16.2 Å². The molecule has 0 atom stereocenters. The van der Waals surface area contributed by atoms with Crippen molar-refractivity contribution in [2.75, 3.05) is 40.6 Å². The van der Waals surface area contributed by atoms with Gasteiger partial charge in [-0.25, -0.2) is 9.48 Å². The van der Waals surface area contributed by atoms with E-state index in [9.17, 15) is 9.59 Å². The van der Waals surface area contributed by atoms with Crippen LogP contribution in [0.25, 0.3) is 0 Å². The zero-order valence-electron chi connectivity index (χ0n) is 12.4. The molecule has 0 fully saturated rings. The quantitative estimate of drug-likeness (QED) is 0.468. The fourth-order valence-electron chi connectivity index (χ4n) is 1.47. The van der Waals surface area contributed by atoms with Crippen LogP contribution in [-0.2, 0) is 25.5 Å². The molecule has 0 spiro atoms. The Kier molecular flexibility index (Phi) is 7.33. The van der Waals surface area contributed by atoms with Crippen LogP contribution in [0, 0.1) is 6.92 Å². The number of esters is 1. The van der Waals surface area contributed by atoms with Crippen molar-refractivity contribution in [2.45, 2.75) is 13.5 Å². The summed E-state index contributed by atoms with van der Waals surface area (Å²) in [6.45, 7) is 2.91. The maximum absolute atomic E-state index is 11.7. The lowest BCUT2D eigenvalue weighted by Crippen LogP contribution is -2.31. The van der Waals surface area contributed by atoms with E-state index < -0.39 is 5.97 Å². The van der Waals surface area contributed by atoms with Gasteiger partial charge in [0, 0.05) is 20.8 Å². The van der Waals surface area contributed by atoms with Crippen LogP contribution >= 0.6 is 0 Å². The van der Waals surface area contributed by atoms with E-state index in [-0.39, 0.29) is 24.8 Å². The lowest BCUT2D eigenvalue weighted by molar-refractivity contribution is -0.122. The zero-order chi connectivity index (χ0) is 15.7. The van der Waals surface area contributed by atoms with Crippen molar-refractivity contribution in [3.8, 4) is 0 Å². The van der Waals surface area contributed by atoms with Crippen LogP contribution in [0.4, 0.5) is 0 Å². The molecule has 9 nitrogen and oxygen atoms in total. The third-order valence-electron chi connectivity index (χ3n) is 2.62. The minimum absolute atomic E-state index is 0.0199. The van der Waals surface area contributed by atoms with Crippen LogP contribution in [0.3, 0.4) is 0 Å². The molecule has 1 heterocycles. The third kappa shape index (κ3) is 5.48. The van der Waals surface area contributed by atoms with Gasteiger partial charge in [-0.3, -0.25) is 4.79 Å². The van der Waals surface area contributed by atoms with Crippen molar-refractivity contribution < 1.29 is 23.8 Å². The molecule has 21 heavy (non-hydrogen) atoms. The van der Waals surface area contributed by atoms with Gasteiger partial charge in [0.2, 0.25) is 5.91 Å². The summed E-state index contributed by atoms with van der Waals surface area (Å²) in [5.41, 5.74) is 0.565.